The van der Waals surface area contributed by atoms with Gasteiger partial charge in [-0.3, -0.25) is 4.79 Å². The van der Waals surface area contributed by atoms with E-state index in [4.69, 9.17) is 11.6 Å². The zero-order valence-corrected chi connectivity index (χ0v) is 19.0. The summed E-state index contributed by atoms with van der Waals surface area (Å²) in [5.41, 5.74) is 0.664. The van der Waals surface area contributed by atoms with E-state index < -0.39 is 16.4 Å². The topological polar surface area (TPSA) is 49.4 Å². The normalized spacial score (nSPS) is 25.0. The Morgan fingerprint density at radius 1 is 1.39 bits per heavy atom. The minimum Gasteiger partial charge on any atom is -0.331 e. The first-order valence-corrected chi connectivity index (χ1v) is 11.7. The standard InChI is InChI=1S/C22H33ClN2O2S/c1-6-13-22(5)14-12-20(17-8-10-18(23)11-9-17)25(21(22)26)19(7-2)15-24-28(27)16(3)4/h6,8-11,16,19-20,24H,1,7,12-15H2,2-5H3. The van der Waals surface area contributed by atoms with Gasteiger partial charge >= 0.3 is 0 Å². The molecule has 1 fully saturated rings. The number of halogens is 1. The molecule has 1 aliphatic heterocycles. The van der Waals surface area contributed by atoms with E-state index in [9.17, 15) is 9.00 Å². The molecule has 4 nitrogen and oxygen atoms in total. The molecule has 0 aliphatic carbocycles. The van der Waals surface area contributed by atoms with Crippen molar-refractivity contribution in [3.63, 3.8) is 0 Å². The van der Waals surface area contributed by atoms with Crippen LogP contribution in [0.3, 0.4) is 0 Å². The van der Waals surface area contributed by atoms with Crippen LogP contribution in [0, 0.1) is 5.41 Å². The highest BCUT2D eigenvalue weighted by atomic mass is 35.5. The first-order valence-electron chi connectivity index (χ1n) is 10.1. The molecule has 0 spiro atoms. The maximum Gasteiger partial charge on any atom is 0.229 e. The van der Waals surface area contributed by atoms with Gasteiger partial charge in [-0.15, -0.1) is 6.58 Å². The molecule has 0 aromatic heterocycles. The van der Waals surface area contributed by atoms with Crippen LogP contribution < -0.4 is 4.72 Å². The highest BCUT2D eigenvalue weighted by Gasteiger charge is 2.45. The van der Waals surface area contributed by atoms with Crippen LogP contribution in [0.15, 0.2) is 36.9 Å². The van der Waals surface area contributed by atoms with Crippen LogP contribution in [0.25, 0.3) is 0 Å². The first-order chi connectivity index (χ1) is 13.2. The summed E-state index contributed by atoms with van der Waals surface area (Å²) in [5.74, 6) is 0.155. The fourth-order valence-electron chi connectivity index (χ4n) is 3.88. The van der Waals surface area contributed by atoms with E-state index in [1.807, 2.05) is 56.0 Å². The molecular weight excluding hydrogens is 392 g/mol. The molecule has 4 unspecified atom stereocenters. The van der Waals surface area contributed by atoms with E-state index in [0.717, 1.165) is 24.8 Å². The summed E-state index contributed by atoms with van der Waals surface area (Å²) >= 11 is 6.07. The van der Waals surface area contributed by atoms with E-state index in [1.165, 1.54) is 0 Å². The Hall–Kier alpha value is -1.17. The van der Waals surface area contributed by atoms with E-state index in [2.05, 4.69) is 18.2 Å². The lowest BCUT2D eigenvalue weighted by atomic mass is 9.74. The van der Waals surface area contributed by atoms with Gasteiger partial charge in [-0.25, -0.2) is 8.93 Å². The Kier molecular flexibility index (Phi) is 8.29. The molecule has 4 atom stereocenters. The summed E-state index contributed by atoms with van der Waals surface area (Å²) < 4.78 is 15.3. The Bertz CT molecular complexity index is 707. The Balaban J connectivity index is 2.35. The molecule has 0 saturated carbocycles. The third-order valence-electron chi connectivity index (χ3n) is 5.66. The van der Waals surface area contributed by atoms with Crippen molar-refractivity contribution < 1.29 is 9.00 Å². The predicted octanol–water partition coefficient (Wildman–Crippen LogP) is 5.03. The van der Waals surface area contributed by atoms with Crippen LogP contribution in [0.4, 0.5) is 0 Å². The number of rotatable bonds is 9. The number of carbonyl (C=O) groups excluding carboxylic acids is 1. The Morgan fingerprint density at radius 3 is 2.57 bits per heavy atom. The minimum atomic E-state index is -1.11. The molecular formula is C22H33ClN2O2S. The molecule has 28 heavy (non-hydrogen) atoms. The van der Waals surface area contributed by atoms with Crippen molar-refractivity contribution in [3.8, 4) is 0 Å². The fourth-order valence-corrected chi connectivity index (χ4v) is 4.70. The Labute approximate surface area is 177 Å². The molecule has 1 amide bonds. The molecule has 1 saturated heterocycles. The molecule has 1 N–H and O–H groups in total. The highest BCUT2D eigenvalue weighted by Crippen LogP contribution is 2.44. The zero-order valence-electron chi connectivity index (χ0n) is 17.4. The number of hydrogen-bond donors (Lipinski definition) is 1. The minimum absolute atomic E-state index is 0.00175. The molecule has 1 aliphatic rings. The highest BCUT2D eigenvalue weighted by molar-refractivity contribution is 7.83. The van der Waals surface area contributed by atoms with Crippen molar-refractivity contribution >= 4 is 28.5 Å². The third-order valence-corrected chi connectivity index (χ3v) is 7.22. The number of benzene rings is 1. The number of amides is 1. The summed E-state index contributed by atoms with van der Waals surface area (Å²) in [7, 11) is -1.11. The molecule has 0 radical (unpaired) electrons. The number of piperidine rings is 1. The quantitative estimate of drug-likeness (QED) is 0.565. The molecule has 0 bridgehead atoms. The maximum atomic E-state index is 13.6. The van der Waals surface area contributed by atoms with E-state index in [-0.39, 0.29) is 23.2 Å². The van der Waals surface area contributed by atoms with Crippen molar-refractivity contribution in [1.82, 2.24) is 9.62 Å². The monoisotopic (exact) mass is 424 g/mol. The largest absolute Gasteiger partial charge is 0.331 e. The fraction of sp³-hybridized carbons (Fsp3) is 0.591. The van der Waals surface area contributed by atoms with Crippen molar-refractivity contribution in [2.45, 2.75) is 70.7 Å². The van der Waals surface area contributed by atoms with Gasteiger partial charge in [0.05, 0.1) is 22.4 Å². The van der Waals surface area contributed by atoms with E-state index >= 15 is 0 Å². The van der Waals surface area contributed by atoms with Crippen molar-refractivity contribution in [2.24, 2.45) is 5.41 Å². The zero-order chi connectivity index (χ0) is 20.9. The lowest BCUT2D eigenvalue weighted by Gasteiger charge is -2.48. The second kappa shape index (κ2) is 10.0. The molecule has 1 aromatic rings. The van der Waals surface area contributed by atoms with Crippen molar-refractivity contribution in [2.75, 3.05) is 6.54 Å². The summed E-state index contributed by atoms with van der Waals surface area (Å²) in [6.07, 6.45) is 5.01. The summed E-state index contributed by atoms with van der Waals surface area (Å²) in [6.45, 7) is 12.3. The number of allylic oxidation sites excluding steroid dienone is 1. The van der Waals surface area contributed by atoms with Crippen molar-refractivity contribution in [1.29, 1.82) is 0 Å². The van der Waals surface area contributed by atoms with Gasteiger partial charge in [0.25, 0.3) is 0 Å². The van der Waals surface area contributed by atoms with Gasteiger partial charge in [-0.2, -0.15) is 0 Å². The van der Waals surface area contributed by atoms with E-state index in [1.54, 1.807) is 0 Å². The lowest BCUT2D eigenvalue weighted by Crippen LogP contribution is -2.55. The van der Waals surface area contributed by atoms with Gasteiger partial charge < -0.3 is 4.90 Å². The van der Waals surface area contributed by atoms with E-state index in [0.29, 0.717) is 18.0 Å². The first kappa shape index (κ1) is 23.1. The van der Waals surface area contributed by atoms with Crippen molar-refractivity contribution in [3.05, 3.63) is 47.5 Å². The number of hydrogen-bond acceptors (Lipinski definition) is 2. The second-order valence-corrected chi connectivity index (χ2v) is 10.4. The van der Waals surface area contributed by atoms with Crippen LogP contribution >= 0.6 is 11.6 Å². The van der Waals surface area contributed by atoms with Gasteiger partial charge in [0, 0.05) is 22.9 Å². The van der Waals surface area contributed by atoms with Crippen LogP contribution in [-0.2, 0) is 15.8 Å². The molecule has 6 heteroatoms. The molecule has 1 heterocycles. The molecule has 156 valence electrons. The van der Waals surface area contributed by atoms with Gasteiger partial charge in [-0.1, -0.05) is 43.7 Å². The number of nitrogens with one attached hydrogen (secondary N) is 1. The van der Waals surface area contributed by atoms with Crippen LogP contribution in [-0.4, -0.2) is 32.9 Å². The van der Waals surface area contributed by atoms with Crippen LogP contribution in [0.1, 0.15) is 65.0 Å². The number of likely N-dealkylation sites (tertiary alicyclic amines) is 1. The third kappa shape index (κ3) is 5.25. The summed E-state index contributed by atoms with van der Waals surface area (Å²) in [4.78, 5) is 15.6. The lowest BCUT2D eigenvalue weighted by molar-refractivity contribution is -0.152. The Morgan fingerprint density at radius 2 is 2.04 bits per heavy atom. The number of carbonyl (C=O) groups is 1. The van der Waals surface area contributed by atoms with Gasteiger partial charge in [0.15, 0.2) is 0 Å². The summed E-state index contributed by atoms with van der Waals surface area (Å²) in [5, 5.41) is 0.725. The van der Waals surface area contributed by atoms with Gasteiger partial charge in [-0.05, 0) is 57.2 Å². The predicted molar refractivity (Wildman–Crippen MR) is 119 cm³/mol. The SMILES string of the molecule is C=CCC1(C)CCC(c2ccc(Cl)cc2)N(C(CC)CNS(=O)C(C)C)C1=O. The van der Waals surface area contributed by atoms with Crippen LogP contribution in [0.2, 0.25) is 5.02 Å². The molecule has 2 rings (SSSR count). The average Bonchev–Trinajstić information content (AvgIpc) is 2.66. The number of nitrogens with zero attached hydrogens (tertiary/aromatic N) is 1. The van der Waals surface area contributed by atoms with Gasteiger partial charge in [0.2, 0.25) is 5.91 Å². The van der Waals surface area contributed by atoms with Gasteiger partial charge in [0.1, 0.15) is 0 Å². The average molecular weight is 425 g/mol. The van der Waals surface area contributed by atoms with Crippen LogP contribution in [0.5, 0.6) is 0 Å². The maximum absolute atomic E-state index is 13.6. The second-order valence-electron chi connectivity index (χ2n) is 8.13. The summed E-state index contributed by atoms with van der Waals surface area (Å²) in [6, 6.07) is 7.75. The molecule has 1 aromatic carbocycles. The smallest absolute Gasteiger partial charge is 0.229 e.